The summed E-state index contributed by atoms with van der Waals surface area (Å²) in [7, 11) is -4.30. The van der Waals surface area contributed by atoms with E-state index in [9.17, 15) is 13.2 Å². The van der Waals surface area contributed by atoms with Crippen LogP contribution in [0.1, 0.15) is 24.8 Å². The molecule has 0 unspecified atom stereocenters. The van der Waals surface area contributed by atoms with Gasteiger partial charge in [0, 0.05) is 23.3 Å². The lowest BCUT2D eigenvalue weighted by Gasteiger charge is -2.17. The topological polar surface area (TPSA) is 103 Å². The van der Waals surface area contributed by atoms with Gasteiger partial charge >= 0.3 is 10.4 Å². The lowest BCUT2D eigenvalue weighted by atomic mass is 10.0. The second kappa shape index (κ2) is 9.62. The van der Waals surface area contributed by atoms with Gasteiger partial charge in [0.2, 0.25) is 5.91 Å². The molecule has 1 aliphatic rings. The third-order valence-electron chi connectivity index (χ3n) is 3.94. The number of nitrogens with zero attached hydrogens (tertiary/aromatic N) is 1. The molecule has 0 aliphatic carbocycles. The van der Waals surface area contributed by atoms with Crippen molar-refractivity contribution in [3.8, 4) is 11.5 Å². The second-order valence-electron chi connectivity index (χ2n) is 6.17. The lowest BCUT2D eigenvalue weighted by Crippen LogP contribution is -2.18. The van der Waals surface area contributed by atoms with Crippen molar-refractivity contribution in [2.45, 2.75) is 25.7 Å². The smallest absolute Gasteiger partial charge is 0.494 e. The molecule has 29 heavy (non-hydrogen) atoms. The van der Waals surface area contributed by atoms with E-state index in [-0.39, 0.29) is 11.7 Å². The fourth-order valence-electron chi connectivity index (χ4n) is 2.57. The van der Waals surface area contributed by atoms with Gasteiger partial charge in [-0.2, -0.15) is 0 Å². The van der Waals surface area contributed by atoms with E-state index in [0.717, 1.165) is 11.3 Å². The second-order valence-corrected chi connectivity index (χ2v) is 7.73. The summed E-state index contributed by atoms with van der Waals surface area (Å²) in [6.45, 7) is 0.422. The van der Waals surface area contributed by atoms with Crippen molar-refractivity contribution in [2.24, 2.45) is 5.16 Å². The van der Waals surface area contributed by atoms with E-state index in [1.807, 2.05) is 12.1 Å². The summed E-state index contributed by atoms with van der Waals surface area (Å²) in [6.07, 6.45) is 3.55. The monoisotopic (exact) mass is 438 g/mol. The molecular formula is C19H19ClN2O6S. The molecule has 0 fully saturated rings. The van der Waals surface area contributed by atoms with Crippen molar-refractivity contribution < 1.29 is 26.4 Å². The van der Waals surface area contributed by atoms with Gasteiger partial charge in [-0.25, -0.2) is 4.28 Å². The largest absolute Gasteiger partial charge is 0.521 e. The number of halogens is 1. The number of amides is 1. The third kappa shape index (κ3) is 6.65. The molecule has 10 heteroatoms. The van der Waals surface area contributed by atoms with E-state index in [4.69, 9.17) is 20.5 Å². The van der Waals surface area contributed by atoms with E-state index in [0.29, 0.717) is 43.1 Å². The highest BCUT2D eigenvalue weighted by Crippen LogP contribution is 2.26. The predicted octanol–water partition coefficient (Wildman–Crippen LogP) is 3.71. The standard InChI is InChI=1S/C19H19ClN2O6S/c20-15-4-6-16(7-5-15)27-29(24,25)28-21-11-1-2-12-26-17-8-9-18-14(13-17)3-10-19(23)22-18/h4-9,11,13H,1-3,10,12H2,(H,22,23). The van der Waals surface area contributed by atoms with Crippen LogP contribution in [0, 0.1) is 0 Å². The minimum Gasteiger partial charge on any atom is -0.494 e. The first kappa shape index (κ1) is 20.9. The molecular weight excluding hydrogens is 420 g/mol. The van der Waals surface area contributed by atoms with Crippen LogP contribution in [0.4, 0.5) is 5.69 Å². The molecule has 0 saturated heterocycles. The first-order chi connectivity index (χ1) is 13.9. The molecule has 0 spiro atoms. The highest BCUT2D eigenvalue weighted by Gasteiger charge is 2.15. The lowest BCUT2D eigenvalue weighted by molar-refractivity contribution is -0.116. The number of anilines is 1. The van der Waals surface area contributed by atoms with Crippen LogP contribution in [-0.2, 0) is 25.9 Å². The molecule has 2 aromatic carbocycles. The number of hydrogen-bond donors (Lipinski definition) is 1. The molecule has 0 bridgehead atoms. The minimum absolute atomic E-state index is 0.0215. The van der Waals surface area contributed by atoms with Gasteiger partial charge in [0.05, 0.1) is 6.61 Å². The van der Waals surface area contributed by atoms with Gasteiger partial charge in [-0.3, -0.25) is 4.79 Å². The first-order valence-corrected chi connectivity index (χ1v) is 10.6. The van der Waals surface area contributed by atoms with Gasteiger partial charge in [-0.05, 0) is 67.3 Å². The van der Waals surface area contributed by atoms with Crippen LogP contribution in [0.2, 0.25) is 5.02 Å². The average Bonchev–Trinajstić information content (AvgIpc) is 2.69. The van der Waals surface area contributed by atoms with E-state index in [1.54, 1.807) is 6.07 Å². The number of carbonyl (C=O) groups is 1. The van der Waals surface area contributed by atoms with Crippen molar-refractivity contribution in [1.29, 1.82) is 0 Å². The van der Waals surface area contributed by atoms with Crippen molar-refractivity contribution in [2.75, 3.05) is 11.9 Å². The number of benzene rings is 2. The zero-order valence-corrected chi connectivity index (χ0v) is 16.9. The van der Waals surface area contributed by atoms with Gasteiger partial charge in [-0.15, -0.1) is 8.42 Å². The molecule has 1 N–H and O–H groups in total. The Hall–Kier alpha value is -2.78. The fourth-order valence-corrected chi connectivity index (χ4v) is 3.24. The van der Waals surface area contributed by atoms with Crippen molar-refractivity contribution >= 4 is 39.8 Å². The Bertz CT molecular complexity index is 992. The molecule has 8 nitrogen and oxygen atoms in total. The summed E-state index contributed by atoms with van der Waals surface area (Å²) in [5, 5.41) is 6.68. The Labute approximate surface area is 173 Å². The zero-order chi connectivity index (χ0) is 20.7. The summed E-state index contributed by atoms with van der Waals surface area (Å²) in [6, 6.07) is 11.3. The van der Waals surface area contributed by atoms with Gasteiger partial charge in [-0.1, -0.05) is 16.8 Å². The van der Waals surface area contributed by atoms with E-state index >= 15 is 0 Å². The SMILES string of the molecule is O=C1CCc2cc(OCCCC=NOS(=O)(=O)Oc3ccc(Cl)cc3)ccc2N1. The molecule has 2 aromatic rings. The van der Waals surface area contributed by atoms with Gasteiger partial charge < -0.3 is 14.2 Å². The molecule has 0 saturated carbocycles. The van der Waals surface area contributed by atoms with Gasteiger partial charge in [0.15, 0.2) is 0 Å². The summed E-state index contributed by atoms with van der Waals surface area (Å²) in [5.74, 6) is 0.808. The van der Waals surface area contributed by atoms with Crippen LogP contribution in [-0.4, -0.2) is 27.1 Å². The molecule has 0 radical (unpaired) electrons. The Morgan fingerprint density at radius 3 is 2.66 bits per heavy atom. The normalized spacial score (nSPS) is 13.6. The van der Waals surface area contributed by atoms with Crippen molar-refractivity contribution in [3.63, 3.8) is 0 Å². The number of unbranched alkanes of at least 4 members (excludes halogenated alkanes) is 1. The molecule has 1 aliphatic heterocycles. The molecule has 154 valence electrons. The third-order valence-corrected chi connectivity index (χ3v) is 4.86. The zero-order valence-electron chi connectivity index (χ0n) is 15.3. The van der Waals surface area contributed by atoms with Gasteiger partial charge in [0.1, 0.15) is 11.5 Å². The summed E-state index contributed by atoms with van der Waals surface area (Å²) in [5.41, 5.74) is 1.86. The maximum absolute atomic E-state index is 11.7. The summed E-state index contributed by atoms with van der Waals surface area (Å²) < 4.78 is 38.1. The number of hydrogen-bond acceptors (Lipinski definition) is 7. The fraction of sp³-hybridized carbons (Fsp3) is 0.263. The van der Waals surface area contributed by atoms with Gasteiger partial charge in [0.25, 0.3) is 0 Å². The Morgan fingerprint density at radius 2 is 1.86 bits per heavy atom. The van der Waals surface area contributed by atoms with Crippen LogP contribution in [0.15, 0.2) is 47.6 Å². The molecule has 0 aromatic heterocycles. The Morgan fingerprint density at radius 1 is 1.10 bits per heavy atom. The number of oxime groups is 1. The number of ether oxygens (including phenoxy) is 1. The maximum Gasteiger partial charge on any atom is 0.521 e. The van der Waals surface area contributed by atoms with Crippen molar-refractivity contribution in [1.82, 2.24) is 0 Å². The van der Waals surface area contributed by atoms with Crippen LogP contribution >= 0.6 is 11.6 Å². The van der Waals surface area contributed by atoms with Crippen LogP contribution in [0.3, 0.4) is 0 Å². The van der Waals surface area contributed by atoms with Crippen LogP contribution in [0.25, 0.3) is 0 Å². The number of nitrogens with one attached hydrogen (secondary N) is 1. The summed E-state index contributed by atoms with van der Waals surface area (Å²) >= 11 is 5.72. The number of carbonyl (C=O) groups excluding carboxylic acids is 1. The molecule has 0 atom stereocenters. The van der Waals surface area contributed by atoms with E-state index in [2.05, 4.69) is 14.8 Å². The average molecular weight is 439 g/mol. The number of fused-ring (bicyclic) bond motifs is 1. The number of rotatable bonds is 9. The highest BCUT2D eigenvalue weighted by atomic mass is 35.5. The Balaban J connectivity index is 1.36. The van der Waals surface area contributed by atoms with E-state index in [1.165, 1.54) is 30.5 Å². The molecule has 3 rings (SSSR count). The van der Waals surface area contributed by atoms with Crippen LogP contribution in [0.5, 0.6) is 11.5 Å². The summed E-state index contributed by atoms with van der Waals surface area (Å²) in [4.78, 5) is 11.4. The predicted molar refractivity (Wildman–Crippen MR) is 109 cm³/mol. The first-order valence-electron chi connectivity index (χ1n) is 8.87. The highest BCUT2D eigenvalue weighted by molar-refractivity contribution is 7.82. The van der Waals surface area contributed by atoms with Crippen LogP contribution < -0.4 is 14.2 Å². The number of aryl methyl sites for hydroxylation is 1. The molecule has 1 heterocycles. The Kier molecular flexibility index (Phi) is 6.95. The quantitative estimate of drug-likeness (QED) is 0.363. The molecule has 1 amide bonds. The maximum atomic E-state index is 11.7. The minimum atomic E-state index is -4.30. The van der Waals surface area contributed by atoms with E-state index < -0.39 is 10.4 Å². The van der Waals surface area contributed by atoms with Crippen molar-refractivity contribution in [3.05, 3.63) is 53.1 Å².